The summed E-state index contributed by atoms with van der Waals surface area (Å²) in [5.74, 6) is 2.42. The number of pyridine rings is 1. The summed E-state index contributed by atoms with van der Waals surface area (Å²) in [7, 11) is 0. The van der Waals surface area contributed by atoms with Gasteiger partial charge in [-0.05, 0) is 37.0 Å². The predicted molar refractivity (Wildman–Crippen MR) is 102 cm³/mol. The van der Waals surface area contributed by atoms with Crippen LogP contribution < -0.4 is 0 Å². The Morgan fingerprint density at radius 1 is 1.15 bits per heavy atom. The van der Waals surface area contributed by atoms with Gasteiger partial charge in [0, 0.05) is 35.8 Å². The second-order valence-electron chi connectivity index (χ2n) is 7.13. The number of carbonyl (C=O) groups is 1. The number of fused-ring (bicyclic) bond motifs is 1. The van der Waals surface area contributed by atoms with Gasteiger partial charge < -0.3 is 14.4 Å². The molecule has 27 heavy (non-hydrogen) atoms. The van der Waals surface area contributed by atoms with Crippen molar-refractivity contribution in [2.75, 3.05) is 13.2 Å². The zero-order valence-electron chi connectivity index (χ0n) is 15.1. The lowest BCUT2D eigenvalue weighted by Crippen LogP contribution is -2.21. The molecular formula is C21H23N3O3. The summed E-state index contributed by atoms with van der Waals surface area (Å²) in [6.07, 6.45) is 9.61. The summed E-state index contributed by atoms with van der Waals surface area (Å²) in [4.78, 5) is 17.5. The van der Waals surface area contributed by atoms with Gasteiger partial charge in [0.2, 0.25) is 0 Å². The Kier molecular flexibility index (Phi) is 5.16. The number of rotatable bonds is 4. The SMILES string of the molecule is O=CO.c1ccc2c(C[C@H]3COC[C@H]3n3ccnc3C3CC3)ccnc2c1. The Morgan fingerprint density at radius 2 is 1.96 bits per heavy atom. The van der Waals surface area contributed by atoms with E-state index < -0.39 is 0 Å². The Morgan fingerprint density at radius 3 is 2.78 bits per heavy atom. The number of carboxylic acid groups (broad SMARTS) is 1. The molecule has 1 saturated heterocycles. The zero-order chi connectivity index (χ0) is 18.6. The van der Waals surface area contributed by atoms with Gasteiger partial charge in [-0.25, -0.2) is 4.98 Å². The number of benzene rings is 1. The van der Waals surface area contributed by atoms with Crippen LogP contribution in [0, 0.1) is 5.92 Å². The monoisotopic (exact) mass is 365 g/mol. The maximum Gasteiger partial charge on any atom is 0.290 e. The van der Waals surface area contributed by atoms with Gasteiger partial charge in [0.05, 0.1) is 24.8 Å². The number of aromatic nitrogens is 3. The summed E-state index contributed by atoms with van der Waals surface area (Å²) in [5, 5.41) is 8.15. The van der Waals surface area contributed by atoms with E-state index in [1.54, 1.807) is 0 Å². The van der Waals surface area contributed by atoms with Crippen molar-refractivity contribution in [3.8, 4) is 0 Å². The fourth-order valence-electron chi connectivity index (χ4n) is 3.97. The van der Waals surface area contributed by atoms with Crippen LogP contribution in [0.5, 0.6) is 0 Å². The van der Waals surface area contributed by atoms with Crippen LogP contribution >= 0.6 is 0 Å². The van der Waals surface area contributed by atoms with Crippen molar-refractivity contribution >= 4 is 17.4 Å². The fourth-order valence-corrected chi connectivity index (χ4v) is 3.97. The van der Waals surface area contributed by atoms with Crippen molar-refractivity contribution < 1.29 is 14.6 Å². The van der Waals surface area contributed by atoms with Crippen LogP contribution in [0.25, 0.3) is 10.9 Å². The Bertz CT molecular complexity index is 914. The topological polar surface area (TPSA) is 77.2 Å². The molecule has 2 aliphatic rings. The van der Waals surface area contributed by atoms with Gasteiger partial charge in [-0.15, -0.1) is 0 Å². The van der Waals surface area contributed by atoms with E-state index in [1.807, 2.05) is 18.5 Å². The smallest absolute Gasteiger partial charge is 0.290 e. The number of imidazole rings is 1. The van der Waals surface area contributed by atoms with Crippen molar-refractivity contribution in [1.82, 2.24) is 14.5 Å². The third kappa shape index (κ3) is 3.71. The number of ether oxygens (including phenoxy) is 1. The molecule has 1 aliphatic heterocycles. The standard InChI is InChI=1S/C20H21N3O.CH2O2/c1-2-4-18-17(3-1)15(7-8-21-18)11-16-12-24-13-19(16)23-10-9-22-20(23)14-5-6-14;2-1-3/h1-4,7-10,14,16,19H,5-6,11-13H2;1H,(H,2,3)/t16-,19+;/m0./s1. The summed E-state index contributed by atoms with van der Waals surface area (Å²) < 4.78 is 8.26. The van der Waals surface area contributed by atoms with Gasteiger partial charge in [0.15, 0.2) is 0 Å². The molecule has 0 bridgehead atoms. The van der Waals surface area contributed by atoms with Crippen LogP contribution in [0.4, 0.5) is 0 Å². The van der Waals surface area contributed by atoms with E-state index in [9.17, 15) is 0 Å². The summed E-state index contributed by atoms with van der Waals surface area (Å²) in [6, 6.07) is 11.0. The predicted octanol–water partition coefficient (Wildman–Crippen LogP) is 3.44. The second-order valence-corrected chi connectivity index (χ2v) is 7.13. The average Bonchev–Trinajstić information content (AvgIpc) is 3.24. The average molecular weight is 365 g/mol. The van der Waals surface area contributed by atoms with Crippen molar-refractivity contribution in [2.24, 2.45) is 5.92 Å². The van der Waals surface area contributed by atoms with E-state index in [-0.39, 0.29) is 6.47 Å². The molecule has 3 heterocycles. The van der Waals surface area contributed by atoms with E-state index in [1.165, 1.54) is 29.6 Å². The normalized spacial score (nSPS) is 21.6. The van der Waals surface area contributed by atoms with Crippen LogP contribution in [0.1, 0.15) is 36.2 Å². The minimum atomic E-state index is -0.250. The fraction of sp³-hybridized carbons (Fsp3) is 0.381. The molecule has 0 radical (unpaired) electrons. The minimum Gasteiger partial charge on any atom is -0.483 e. The largest absolute Gasteiger partial charge is 0.483 e. The van der Waals surface area contributed by atoms with Gasteiger partial charge in [-0.3, -0.25) is 9.78 Å². The molecule has 1 aliphatic carbocycles. The highest BCUT2D eigenvalue weighted by Crippen LogP contribution is 2.41. The van der Waals surface area contributed by atoms with Gasteiger partial charge in [0.1, 0.15) is 5.82 Å². The number of para-hydroxylation sites is 1. The zero-order valence-corrected chi connectivity index (χ0v) is 15.1. The van der Waals surface area contributed by atoms with E-state index in [0.717, 1.165) is 25.2 Å². The Hall–Kier alpha value is -2.73. The molecule has 6 heteroatoms. The molecule has 5 rings (SSSR count). The molecule has 1 aromatic carbocycles. The highest BCUT2D eigenvalue weighted by atomic mass is 16.5. The molecule has 0 spiro atoms. The number of hydrogen-bond donors (Lipinski definition) is 1. The number of nitrogens with zero attached hydrogens (tertiary/aromatic N) is 3. The van der Waals surface area contributed by atoms with Gasteiger partial charge in [-0.1, -0.05) is 18.2 Å². The molecule has 0 amide bonds. The van der Waals surface area contributed by atoms with Crippen molar-refractivity contribution in [3.63, 3.8) is 0 Å². The Labute approximate surface area is 157 Å². The summed E-state index contributed by atoms with van der Waals surface area (Å²) in [5.41, 5.74) is 2.45. The van der Waals surface area contributed by atoms with Crippen molar-refractivity contribution in [3.05, 3.63) is 60.3 Å². The molecule has 1 N–H and O–H groups in total. The first-order valence-corrected chi connectivity index (χ1v) is 9.32. The minimum absolute atomic E-state index is 0.250. The van der Waals surface area contributed by atoms with Crippen LogP contribution in [-0.4, -0.2) is 39.3 Å². The van der Waals surface area contributed by atoms with Gasteiger partial charge in [0.25, 0.3) is 6.47 Å². The second kappa shape index (κ2) is 7.88. The quantitative estimate of drug-likeness (QED) is 0.717. The van der Waals surface area contributed by atoms with Crippen LogP contribution in [0.15, 0.2) is 48.9 Å². The van der Waals surface area contributed by atoms with Crippen molar-refractivity contribution in [2.45, 2.75) is 31.2 Å². The van der Waals surface area contributed by atoms with Crippen LogP contribution in [0.2, 0.25) is 0 Å². The maximum atomic E-state index is 8.36. The lowest BCUT2D eigenvalue weighted by molar-refractivity contribution is -0.122. The third-order valence-electron chi connectivity index (χ3n) is 5.38. The highest BCUT2D eigenvalue weighted by Gasteiger charge is 2.35. The Balaban J connectivity index is 0.000000565. The lowest BCUT2D eigenvalue weighted by atomic mass is 9.93. The molecule has 6 nitrogen and oxygen atoms in total. The van der Waals surface area contributed by atoms with E-state index in [2.05, 4.69) is 45.0 Å². The lowest BCUT2D eigenvalue weighted by Gasteiger charge is -2.21. The van der Waals surface area contributed by atoms with E-state index in [4.69, 9.17) is 14.6 Å². The first kappa shape index (κ1) is 17.7. The van der Waals surface area contributed by atoms with Crippen LogP contribution in [0.3, 0.4) is 0 Å². The first-order chi connectivity index (χ1) is 13.3. The number of hydrogen-bond acceptors (Lipinski definition) is 4. The van der Waals surface area contributed by atoms with Gasteiger partial charge in [-0.2, -0.15) is 0 Å². The molecule has 3 aromatic rings. The van der Waals surface area contributed by atoms with Gasteiger partial charge >= 0.3 is 0 Å². The molecule has 2 atom stereocenters. The molecular weight excluding hydrogens is 342 g/mol. The van der Waals surface area contributed by atoms with E-state index >= 15 is 0 Å². The molecule has 2 fully saturated rings. The molecule has 140 valence electrons. The van der Waals surface area contributed by atoms with E-state index in [0.29, 0.717) is 17.9 Å². The van der Waals surface area contributed by atoms with Crippen LogP contribution in [-0.2, 0) is 16.0 Å². The molecule has 0 unspecified atom stereocenters. The van der Waals surface area contributed by atoms with Crippen molar-refractivity contribution in [1.29, 1.82) is 0 Å². The third-order valence-corrected chi connectivity index (χ3v) is 5.38. The maximum absolute atomic E-state index is 8.36. The summed E-state index contributed by atoms with van der Waals surface area (Å²) >= 11 is 0. The molecule has 2 aromatic heterocycles. The summed E-state index contributed by atoms with van der Waals surface area (Å²) in [6.45, 7) is 1.37. The first-order valence-electron chi connectivity index (χ1n) is 9.32. The highest BCUT2D eigenvalue weighted by molar-refractivity contribution is 5.81. The molecule has 1 saturated carbocycles.